The van der Waals surface area contributed by atoms with E-state index in [0.717, 1.165) is 22.4 Å². The molecule has 0 aliphatic carbocycles. The van der Waals surface area contributed by atoms with Crippen LogP contribution >= 0.6 is 0 Å². The molecule has 3 aromatic rings. The Morgan fingerprint density at radius 3 is 2.58 bits per heavy atom. The van der Waals surface area contributed by atoms with Crippen molar-refractivity contribution < 1.29 is 0 Å². The average molecular weight is 252 g/mol. The van der Waals surface area contributed by atoms with Crippen molar-refractivity contribution >= 4 is 22.4 Å². The molecule has 19 heavy (non-hydrogen) atoms. The van der Waals surface area contributed by atoms with Crippen molar-refractivity contribution in [1.82, 2.24) is 9.97 Å². The molecule has 0 atom stereocenters. The molecule has 0 spiro atoms. The number of nitrogen functional groups attached to an aromatic ring is 1. The maximum absolute atomic E-state index is 5.74. The molecule has 0 amide bonds. The number of hydrogen-bond acceptors (Lipinski definition) is 4. The van der Waals surface area contributed by atoms with Crippen molar-refractivity contribution in [1.29, 1.82) is 0 Å². The molecule has 5 N–H and O–H groups in total. The molecule has 94 valence electrons. The standard InChI is InChI=1S/C13H12N6/c14-9-3-6-11-12(7-9)17-13(16-11)8-1-4-10(5-2-8)18-19-15/h1-7H,14H2,(H2,15,18)(H,16,17). The molecule has 0 radical (unpaired) electrons. The molecular formula is C13H12N6. The summed E-state index contributed by atoms with van der Waals surface area (Å²) in [4.78, 5) is 7.75. The van der Waals surface area contributed by atoms with Crippen LogP contribution in [0.2, 0.25) is 0 Å². The smallest absolute Gasteiger partial charge is 0.138 e. The summed E-state index contributed by atoms with van der Waals surface area (Å²) in [5, 5.41) is 6.99. The minimum absolute atomic E-state index is 0.698. The number of imidazole rings is 1. The highest BCUT2D eigenvalue weighted by Crippen LogP contribution is 2.24. The molecule has 6 nitrogen and oxygen atoms in total. The summed E-state index contributed by atoms with van der Waals surface area (Å²) in [5.74, 6) is 5.79. The zero-order chi connectivity index (χ0) is 13.2. The lowest BCUT2D eigenvalue weighted by atomic mass is 10.2. The lowest BCUT2D eigenvalue weighted by Gasteiger charge is -1.96. The highest BCUT2D eigenvalue weighted by Gasteiger charge is 2.05. The third-order valence-corrected chi connectivity index (χ3v) is 2.82. The van der Waals surface area contributed by atoms with Gasteiger partial charge in [-0.05, 0) is 42.5 Å². The lowest BCUT2D eigenvalue weighted by molar-refractivity contribution is 1.06. The first-order valence-corrected chi connectivity index (χ1v) is 5.73. The third-order valence-electron chi connectivity index (χ3n) is 2.82. The minimum atomic E-state index is 0.698. The van der Waals surface area contributed by atoms with E-state index in [2.05, 4.69) is 20.3 Å². The lowest BCUT2D eigenvalue weighted by Crippen LogP contribution is -1.82. The number of anilines is 1. The van der Waals surface area contributed by atoms with Crippen LogP contribution in [0.25, 0.3) is 22.4 Å². The Kier molecular flexibility index (Phi) is 2.60. The number of hydrogen-bond donors (Lipinski definition) is 3. The Morgan fingerprint density at radius 2 is 1.84 bits per heavy atom. The number of fused-ring (bicyclic) bond motifs is 1. The van der Waals surface area contributed by atoms with Gasteiger partial charge in [0, 0.05) is 11.3 Å². The van der Waals surface area contributed by atoms with Gasteiger partial charge in [-0.25, -0.2) is 4.98 Å². The Hall–Kier alpha value is -2.89. The van der Waals surface area contributed by atoms with Gasteiger partial charge in [0.05, 0.1) is 16.7 Å². The molecule has 2 aromatic carbocycles. The van der Waals surface area contributed by atoms with E-state index in [1.54, 1.807) is 0 Å². The van der Waals surface area contributed by atoms with E-state index < -0.39 is 0 Å². The Bertz CT molecular complexity index is 741. The first kappa shape index (κ1) is 11.2. The molecule has 1 aromatic heterocycles. The number of benzene rings is 2. The summed E-state index contributed by atoms with van der Waals surface area (Å²) in [6.45, 7) is 0. The molecule has 0 unspecified atom stereocenters. The van der Waals surface area contributed by atoms with E-state index in [9.17, 15) is 0 Å². The summed E-state index contributed by atoms with van der Waals surface area (Å²) < 4.78 is 0. The topological polar surface area (TPSA) is 105 Å². The van der Waals surface area contributed by atoms with Crippen LogP contribution in [0, 0.1) is 0 Å². The first-order valence-electron chi connectivity index (χ1n) is 5.73. The molecule has 0 saturated carbocycles. The second-order valence-corrected chi connectivity index (χ2v) is 4.12. The Morgan fingerprint density at radius 1 is 1.05 bits per heavy atom. The van der Waals surface area contributed by atoms with E-state index >= 15 is 0 Å². The van der Waals surface area contributed by atoms with E-state index in [1.807, 2.05) is 42.5 Å². The van der Waals surface area contributed by atoms with Crippen molar-refractivity contribution in [3.05, 3.63) is 42.5 Å². The monoisotopic (exact) mass is 252 g/mol. The van der Waals surface area contributed by atoms with E-state index in [0.29, 0.717) is 11.4 Å². The minimum Gasteiger partial charge on any atom is -0.399 e. The van der Waals surface area contributed by atoms with E-state index in [1.165, 1.54) is 0 Å². The summed E-state index contributed by atoms with van der Waals surface area (Å²) in [6, 6.07) is 13.1. The Labute approximate surface area is 109 Å². The van der Waals surface area contributed by atoms with Crippen LogP contribution in [0.1, 0.15) is 0 Å². The van der Waals surface area contributed by atoms with Gasteiger partial charge in [-0.3, -0.25) is 0 Å². The predicted molar refractivity (Wildman–Crippen MR) is 74.6 cm³/mol. The van der Waals surface area contributed by atoms with E-state index in [4.69, 9.17) is 11.6 Å². The molecular weight excluding hydrogens is 240 g/mol. The van der Waals surface area contributed by atoms with Crippen LogP contribution in [0.15, 0.2) is 52.8 Å². The van der Waals surface area contributed by atoms with Gasteiger partial charge < -0.3 is 16.6 Å². The fraction of sp³-hybridized carbons (Fsp3) is 0. The van der Waals surface area contributed by atoms with Crippen LogP contribution in [0.3, 0.4) is 0 Å². The van der Waals surface area contributed by atoms with Crippen LogP contribution in [0.4, 0.5) is 11.4 Å². The second kappa shape index (κ2) is 4.41. The van der Waals surface area contributed by atoms with Crippen molar-refractivity contribution in [2.24, 2.45) is 16.2 Å². The molecule has 0 saturated heterocycles. The second-order valence-electron chi connectivity index (χ2n) is 4.12. The SMILES string of the molecule is NN=Nc1ccc(-c2nc3cc(N)ccc3[nH]2)cc1. The number of rotatable bonds is 2. The van der Waals surface area contributed by atoms with Gasteiger partial charge in [-0.1, -0.05) is 5.22 Å². The van der Waals surface area contributed by atoms with Gasteiger partial charge in [-0.2, -0.15) is 0 Å². The third kappa shape index (κ3) is 2.11. The van der Waals surface area contributed by atoms with E-state index in [-0.39, 0.29) is 0 Å². The number of aromatic amines is 1. The van der Waals surface area contributed by atoms with Gasteiger partial charge in [0.2, 0.25) is 0 Å². The maximum Gasteiger partial charge on any atom is 0.138 e. The molecule has 0 aliphatic heterocycles. The van der Waals surface area contributed by atoms with Gasteiger partial charge in [0.15, 0.2) is 0 Å². The van der Waals surface area contributed by atoms with Gasteiger partial charge >= 0.3 is 0 Å². The number of aromatic nitrogens is 2. The zero-order valence-electron chi connectivity index (χ0n) is 10.0. The van der Waals surface area contributed by atoms with Gasteiger partial charge in [0.1, 0.15) is 5.82 Å². The normalized spacial score (nSPS) is 11.4. The molecule has 0 bridgehead atoms. The number of nitrogens with two attached hydrogens (primary N) is 2. The van der Waals surface area contributed by atoms with Crippen molar-refractivity contribution in [3.63, 3.8) is 0 Å². The highest BCUT2D eigenvalue weighted by molar-refractivity contribution is 5.82. The molecule has 0 fully saturated rings. The summed E-state index contributed by atoms with van der Waals surface area (Å²) in [5.41, 5.74) is 9.90. The molecule has 1 heterocycles. The fourth-order valence-electron chi connectivity index (χ4n) is 1.91. The van der Waals surface area contributed by atoms with Crippen molar-refractivity contribution in [2.75, 3.05) is 5.73 Å². The zero-order valence-corrected chi connectivity index (χ0v) is 10.0. The first-order chi connectivity index (χ1) is 9.26. The van der Waals surface area contributed by atoms with Crippen LogP contribution in [-0.4, -0.2) is 9.97 Å². The number of H-pyrrole nitrogens is 1. The average Bonchev–Trinajstić information content (AvgIpc) is 2.83. The highest BCUT2D eigenvalue weighted by atomic mass is 15.3. The molecule has 6 heteroatoms. The fourth-order valence-corrected chi connectivity index (χ4v) is 1.91. The van der Waals surface area contributed by atoms with Gasteiger partial charge in [-0.15, -0.1) is 5.11 Å². The number of nitrogens with zero attached hydrogens (tertiary/aromatic N) is 3. The predicted octanol–water partition coefficient (Wildman–Crippen LogP) is 2.77. The Balaban J connectivity index is 2.03. The van der Waals surface area contributed by atoms with Crippen molar-refractivity contribution in [3.8, 4) is 11.4 Å². The molecule has 0 aliphatic rings. The van der Waals surface area contributed by atoms with Gasteiger partial charge in [0.25, 0.3) is 0 Å². The van der Waals surface area contributed by atoms with Crippen molar-refractivity contribution in [2.45, 2.75) is 0 Å². The largest absolute Gasteiger partial charge is 0.399 e. The van der Waals surface area contributed by atoms with Crippen LogP contribution in [0.5, 0.6) is 0 Å². The molecule has 3 rings (SSSR count). The quantitative estimate of drug-likeness (QED) is 0.282. The summed E-state index contributed by atoms with van der Waals surface area (Å²) >= 11 is 0. The number of nitrogens with one attached hydrogen (secondary N) is 1. The van der Waals surface area contributed by atoms with Crippen LogP contribution < -0.4 is 11.6 Å². The summed E-state index contributed by atoms with van der Waals surface area (Å²) in [6.07, 6.45) is 0. The maximum atomic E-state index is 5.74. The van der Waals surface area contributed by atoms with Crippen LogP contribution in [-0.2, 0) is 0 Å². The summed E-state index contributed by atoms with van der Waals surface area (Å²) in [7, 11) is 0.